The molecule has 1 heterocycles. The molecule has 0 atom stereocenters. The lowest BCUT2D eigenvalue weighted by molar-refractivity contribution is -0.115. The van der Waals surface area contributed by atoms with E-state index in [1.54, 1.807) is 36.4 Å². The monoisotopic (exact) mass is 286 g/mol. The number of nitrogens with two attached hydrogens (primary N) is 1. The summed E-state index contributed by atoms with van der Waals surface area (Å²) in [4.78, 5) is 23.8. The first-order valence-electron chi connectivity index (χ1n) is 6.08. The summed E-state index contributed by atoms with van der Waals surface area (Å²) < 4.78 is 0. The van der Waals surface area contributed by atoms with Gasteiger partial charge in [-0.05, 0) is 35.9 Å². The first kappa shape index (κ1) is 12.7. The minimum Gasteiger partial charge on any atom is -0.398 e. The Hall–Kier alpha value is -2.33. The summed E-state index contributed by atoms with van der Waals surface area (Å²) >= 11 is 6.07. The summed E-state index contributed by atoms with van der Waals surface area (Å²) in [5, 5.41) is 2.98. The Kier molecular flexibility index (Phi) is 2.95. The lowest BCUT2D eigenvalue weighted by atomic mass is 10.00. The van der Waals surface area contributed by atoms with Gasteiger partial charge < -0.3 is 11.1 Å². The van der Waals surface area contributed by atoms with Crippen molar-refractivity contribution in [3.8, 4) is 0 Å². The molecule has 0 fully saturated rings. The first-order chi connectivity index (χ1) is 9.56. The Morgan fingerprint density at radius 3 is 2.85 bits per heavy atom. The number of hydrogen-bond acceptors (Lipinski definition) is 3. The number of amides is 1. The van der Waals surface area contributed by atoms with Crippen LogP contribution >= 0.6 is 11.6 Å². The molecule has 2 aromatic rings. The van der Waals surface area contributed by atoms with Crippen molar-refractivity contribution < 1.29 is 9.59 Å². The fraction of sp³-hybridized carbons (Fsp3) is 0.0667. The number of halogens is 1. The van der Waals surface area contributed by atoms with Crippen LogP contribution in [0.5, 0.6) is 0 Å². The van der Waals surface area contributed by atoms with Crippen LogP contribution in [0.3, 0.4) is 0 Å². The van der Waals surface area contributed by atoms with E-state index in [1.165, 1.54) is 0 Å². The van der Waals surface area contributed by atoms with Crippen molar-refractivity contribution in [2.75, 3.05) is 11.1 Å². The van der Waals surface area contributed by atoms with Gasteiger partial charge in [0.2, 0.25) is 5.91 Å². The molecule has 4 nitrogen and oxygen atoms in total. The number of rotatable bonds is 2. The molecule has 0 radical (unpaired) electrons. The minimum atomic E-state index is -0.204. The molecule has 20 heavy (non-hydrogen) atoms. The Morgan fingerprint density at radius 1 is 1.25 bits per heavy atom. The number of anilines is 2. The van der Waals surface area contributed by atoms with Crippen molar-refractivity contribution in [2.24, 2.45) is 0 Å². The molecule has 5 heteroatoms. The molecule has 3 rings (SSSR count). The molecule has 100 valence electrons. The van der Waals surface area contributed by atoms with Gasteiger partial charge in [0.25, 0.3) is 0 Å². The lowest BCUT2D eigenvalue weighted by Crippen LogP contribution is -2.04. The fourth-order valence-electron chi connectivity index (χ4n) is 2.25. The van der Waals surface area contributed by atoms with Crippen molar-refractivity contribution in [1.82, 2.24) is 0 Å². The van der Waals surface area contributed by atoms with Crippen LogP contribution in [-0.2, 0) is 11.2 Å². The fourth-order valence-corrected chi connectivity index (χ4v) is 2.46. The van der Waals surface area contributed by atoms with Gasteiger partial charge in [-0.15, -0.1) is 0 Å². The first-order valence-corrected chi connectivity index (χ1v) is 6.45. The maximum Gasteiger partial charge on any atom is 0.228 e. The molecule has 0 aromatic heterocycles. The molecule has 1 aliphatic heterocycles. The van der Waals surface area contributed by atoms with E-state index in [4.69, 9.17) is 17.3 Å². The van der Waals surface area contributed by atoms with Gasteiger partial charge in [0, 0.05) is 16.8 Å². The van der Waals surface area contributed by atoms with Gasteiger partial charge in [0.15, 0.2) is 5.78 Å². The van der Waals surface area contributed by atoms with E-state index in [1.807, 2.05) is 0 Å². The van der Waals surface area contributed by atoms with Gasteiger partial charge in [0.1, 0.15) is 0 Å². The van der Waals surface area contributed by atoms with E-state index in [-0.39, 0.29) is 16.7 Å². The average Bonchev–Trinajstić information content (AvgIpc) is 2.80. The third-order valence-electron chi connectivity index (χ3n) is 3.27. The standard InChI is InChI=1S/C15H11ClN2O2/c16-14-10(2-1-3-11(14)17)15(20)8-4-5-12-9(6-8)7-13(19)18-12/h1-6H,7,17H2,(H,18,19). The smallest absolute Gasteiger partial charge is 0.228 e. The number of carbonyl (C=O) groups excluding carboxylic acids is 2. The maximum atomic E-state index is 12.5. The predicted octanol–water partition coefficient (Wildman–Crippen LogP) is 2.65. The summed E-state index contributed by atoms with van der Waals surface area (Å²) in [6.07, 6.45) is 0.293. The maximum absolute atomic E-state index is 12.5. The van der Waals surface area contributed by atoms with Gasteiger partial charge in [0.05, 0.1) is 17.1 Å². The SMILES string of the molecule is Nc1cccc(C(=O)c2ccc3c(c2)CC(=O)N3)c1Cl. The van der Waals surface area contributed by atoms with Crippen molar-refractivity contribution in [1.29, 1.82) is 0 Å². The molecule has 0 saturated heterocycles. The van der Waals surface area contributed by atoms with Crippen LogP contribution in [0.4, 0.5) is 11.4 Å². The Bertz CT molecular complexity index is 741. The molecule has 1 aliphatic rings. The zero-order valence-electron chi connectivity index (χ0n) is 10.4. The van der Waals surface area contributed by atoms with Gasteiger partial charge in [-0.3, -0.25) is 9.59 Å². The normalized spacial score (nSPS) is 12.9. The zero-order valence-corrected chi connectivity index (χ0v) is 11.2. The second-order valence-corrected chi connectivity index (χ2v) is 5.01. The van der Waals surface area contributed by atoms with E-state index in [2.05, 4.69) is 5.32 Å². The third-order valence-corrected chi connectivity index (χ3v) is 3.69. The molecular formula is C15H11ClN2O2. The highest BCUT2D eigenvalue weighted by atomic mass is 35.5. The summed E-state index contributed by atoms with van der Waals surface area (Å²) in [5.41, 5.74) is 8.51. The molecule has 0 spiro atoms. The molecule has 0 aliphatic carbocycles. The van der Waals surface area contributed by atoms with Crippen molar-refractivity contribution in [2.45, 2.75) is 6.42 Å². The molecule has 0 bridgehead atoms. The average molecular weight is 287 g/mol. The quantitative estimate of drug-likeness (QED) is 0.658. The van der Waals surface area contributed by atoms with Crippen LogP contribution in [0.15, 0.2) is 36.4 Å². The Balaban J connectivity index is 2.02. The van der Waals surface area contributed by atoms with E-state index < -0.39 is 0 Å². The van der Waals surface area contributed by atoms with Crippen molar-refractivity contribution in [3.05, 3.63) is 58.1 Å². The molecule has 1 amide bonds. The van der Waals surface area contributed by atoms with Crippen LogP contribution in [-0.4, -0.2) is 11.7 Å². The largest absolute Gasteiger partial charge is 0.398 e. The minimum absolute atomic E-state index is 0.0633. The van der Waals surface area contributed by atoms with Crippen LogP contribution in [0.1, 0.15) is 21.5 Å². The van der Waals surface area contributed by atoms with E-state index in [0.717, 1.165) is 11.3 Å². The Labute approximate surface area is 120 Å². The van der Waals surface area contributed by atoms with Crippen molar-refractivity contribution >= 4 is 34.7 Å². The molecule has 0 saturated carbocycles. The molecule has 0 unspecified atom stereocenters. The van der Waals surface area contributed by atoms with Crippen LogP contribution in [0.2, 0.25) is 5.02 Å². The van der Waals surface area contributed by atoms with E-state index in [0.29, 0.717) is 23.2 Å². The highest BCUT2D eigenvalue weighted by Gasteiger charge is 2.20. The van der Waals surface area contributed by atoms with Crippen LogP contribution < -0.4 is 11.1 Å². The lowest BCUT2D eigenvalue weighted by Gasteiger charge is -2.07. The number of nitrogens with one attached hydrogen (secondary N) is 1. The Morgan fingerprint density at radius 2 is 2.05 bits per heavy atom. The summed E-state index contributed by atoms with van der Waals surface area (Å²) in [7, 11) is 0. The van der Waals surface area contributed by atoms with Crippen molar-refractivity contribution in [3.63, 3.8) is 0 Å². The van der Waals surface area contributed by atoms with E-state index >= 15 is 0 Å². The van der Waals surface area contributed by atoms with Gasteiger partial charge in [-0.2, -0.15) is 0 Å². The van der Waals surface area contributed by atoms with E-state index in [9.17, 15) is 9.59 Å². The summed E-state index contributed by atoms with van der Waals surface area (Å²) in [6, 6.07) is 10.1. The number of nitrogen functional groups attached to an aromatic ring is 1. The highest BCUT2D eigenvalue weighted by molar-refractivity contribution is 6.37. The molecular weight excluding hydrogens is 276 g/mol. The number of ketones is 1. The number of fused-ring (bicyclic) bond motifs is 1. The van der Waals surface area contributed by atoms with Gasteiger partial charge in [-0.25, -0.2) is 0 Å². The number of carbonyl (C=O) groups is 2. The predicted molar refractivity (Wildman–Crippen MR) is 78.1 cm³/mol. The topological polar surface area (TPSA) is 72.2 Å². The summed E-state index contributed by atoms with van der Waals surface area (Å²) in [5.74, 6) is -0.268. The second-order valence-electron chi connectivity index (χ2n) is 4.63. The van der Waals surface area contributed by atoms with Crippen LogP contribution in [0, 0.1) is 0 Å². The van der Waals surface area contributed by atoms with Gasteiger partial charge in [-0.1, -0.05) is 17.7 Å². The second kappa shape index (κ2) is 4.65. The summed E-state index contributed by atoms with van der Waals surface area (Å²) in [6.45, 7) is 0. The zero-order chi connectivity index (χ0) is 14.3. The molecule has 3 N–H and O–H groups in total. The molecule has 2 aromatic carbocycles. The highest BCUT2D eigenvalue weighted by Crippen LogP contribution is 2.28. The van der Waals surface area contributed by atoms with Crippen LogP contribution in [0.25, 0.3) is 0 Å². The number of benzene rings is 2. The number of hydrogen-bond donors (Lipinski definition) is 2. The van der Waals surface area contributed by atoms with Gasteiger partial charge >= 0.3 is 0 Å². The third kappa shape index (κ3) is 2.04.